The van der Waals surface area contributed by atoms with E-state index in [2.05, 4.69) is 10.2 Å². The Hall–Kier alpha value is -2.51. The standard InChI is InChI=1S/C16H21N4O3/c1-23-20-9-3-2-4-16(20)18-17-14-5-7-15(8-6-14)19(10-12-21)11-13-22/h2-9,21-22H,10-13H2,1H3/q+1. The molecule has 7 heteroatoms. The fourth-order valence-corrected chi connectivity index (χ4v) is 2.10. The maximum absolute atomic E-state index is 9.07. The number of hydrogen-bond acceptors (Lipinski definition) is 6. The third-order valence-electron chi connectivity index (χ3n) is 3.22. The lowest BCUT2D eigenvalue weighted by Crippen LogP contribution is -2.39. The molecule has 0 aliphatic heterocycles. The quantitative estimate of drug-likeness (QED) is 0.567. The second-order valence-electron chi connectivity index (χ2n) is 4.72. The number of aliphatic hydroxyl groups excluding tert-OH is 2. The molecule has 0 saturated heterocycles. The van der Waals surface area contributed by atoms with Gasteiger partial charge in [-0.05, 0) is 46.2 Å². The van der Waals surface area contributed by atoms with E-state index in [9.17, 15) is 0 Å². The normalized spacial score (nSPS) is 10.9. The lowest BCUT2D eigenvalue weighted by Gasteiger charge is -2.22. The first kappa shape index (κ1) is 16.9. The average Bonchev–Trinajstić information content (AvgIpc) is 2.60. The predicted molar refractivity (Wildman–Crippen MR) is 86.1 cm³/mol. The lowest BCUT2D eigenvalue weighted by atomic mass is 10.2. The van der Waals surface area contributed by atoms with Crippen LogP contribution in [0.25, 0.3) is 0 Å². The van der Waals surface area contributed by atoms with Crippen LogP contribution in [0.15, 0.2) is 58.9 Å². The maximum Gasteiger partial charge on any atom is 0.388 e. The van der Waals surface area contributed by atoms with Crippen LogP contribution < -0.4 is 14.5 Å². The number of rotatable bonds is 8. The van der Waals surface area contributed by atoms with Crippen molar-refractivity contribution in [2.45, 2.75) is 0 Å². The number of nitrogens with zero attached hydrogens (tertiary/aromatic N) is 4. The zero-order valence-corrected chi connectivity index (χ0v) is 13.0. The predicted octanol–water partition coefficient (Wildman–Crippen LogP) is 1.24. The molecule has 0 fully saturated rings. The van der Waals surface area contributed by atoms with Gasteiger partial charge in [-0.1, -0.05) is 0 Å². The summed E-state index contributed by atoms with van der Waals surface area (Å²) in [7, 11) is 1.56. The molecule has 2 aromatic rings. The Kier molecular flexibility index (Phi) is 6.46. The van der Waals surface area contributed by atoms with Crippen LogP contribution in [0.3, 0.4) is 0 Å². The highest BCUT2D eigenvalue weighted by molar-refractivity contribution is 5.52. The van der Waals surface area contributed by atoms with E-state index in [0.29, 0.717) is 24.6 Å². The van der Waals surface area contributed by atoms with Crippen LogP contribution in [-0.4, -0.2) is 43.6 Å². The van der Waals surface area contributed by atoms with Crippen molar-refractivity contribution >= 4 is 17.2 Å². The SMILES string of the molecule is CO[n+]1ccccc1N=Nc1ccc(N(CCO)CCO)cc1. The van der Waals surface area contributed by atoms with Gasteiger partial charge < -0.3 is 20.0 Å². The minimum atomic E-state index is 0.0342. The summed E-state index contributed by atoms with van der Waals surface area (Å²) in [6, 6.07) is 12.9. The van der Waals surface area contributed by atoms with Crippen molar-refractivity contribution in [1.82, 2.24) is 0 Å². The molecule has 0 amide bonds. The van der Waals surface area contributed by atoms with Gasteiger partial charge in [0.2, 0.25) is 0 Å². The molecule has 122 valence electrons. The van der Waals surface area contributed by atoms with Crippen LogP contribution in [0.2, 0.25) is 0 Å². The number of aliphatic hydroxyl groups is 2. The van der Waals surface area contributed by atoms with Crippen LogP contribution in [0.1, 0.15) is 0 Å². The fraction of sp³-hybridized carbons (Fsp3) is 0.312. The number of pyridine rings is 1. The van der Waals surface area contributed by atoms with Gasteiger partial charge in [0.05, 0.1) is 18.3 Å². The topological polar surface area (TPSA) is 81.5 Å². The van der Waals surface area contributed by atoms with E-state index in [-0.39, 0.29) is 13.2 Å². The third kappa shape index (κ3) is 4.73. The van der Waals surface area contributed by atoms with Crippen molar-refractivity contribution in [2.75, 3.05) is 38.3 Å². The first-order chi connectivity index (χ1) is 11.3. The summed E-state index contributed by atoms with van der Waals surface area (Å²) >= 11 is 0. The van der Waals surface area contributed by atoms with Gasteiger partial charge in [0, 0.05) is 24.8 Å². The molecule has 0 unspecified atom stereocenters. The van der Waals surface area contributed by atoms with Crippen LogP contribution >= 0.6 is 0 Å². The highest BCUT2D eigenvalue weighted by atomic mass is 16.6. The largest absolute Gasteiger partial charge is 0.395 e. The molecular weight excluding hydrogens is 296 g/mol. The van der Waals surface area contributed by atoms with Crippen molar-refractivity contribution < 1.29 is 19.8 Å². The van der Waals surface area contributed by atoms with Gasteiger partial charge in [-0.15, -0.1) is 0 Å². The first-order valence-corrected chi connectivity index (χ1v) is 7.32. The summed E-state index contributed by atoms with van der Waals surface area (Å²) in [5.41, 5.74) is 1.62. The Morgan fingerprint density at radius 1 is 1.00 bits per heavy atom. The van der Waals surface area contributed by atoms with Crippen LogP contribution in [0.4, 0.5) is 17.2 Å². The van der Waals surface area contributed by atoms with Crippen LogP contribution in [0.5, 0.6) is 0 Å². The summed E-state index contributed by atoms with van der Waals surface area (Å²) in [5.74, 6) is 0.585. The summed E-state index contributed by atoms with van der Waals surface area (Å²) < 4.78 is 1.52. The Morgan fingerprint density at radius 3 is 2.30 bits per heavy atom. The Balaban J connectivity index is 2.11. The molecule has 1 heterocycles. The van der Waals surface area contributed by atoms with Crippen molar-refractivity contribution in [1.29, 1.82) is 0 Å². The van der Waals surface area contributed by atoms with E-state index in [4.69, 9.17) is 15.1 Å². The molecular formula is C16H21N4O3+. The lowest BCUT2D eigenvalue weighted by molar-refractivity contribution is -0.875. The molecule has 2 N–H and O–H groups in total. The first-order valence-electron chi connectivity index (χ1n) is 7.32. The molecule has 0 saturated carbocycles. The maximum atomic E-state index is 9.07. The highest BCUT2D eigenvalue weighted by Crippen LogP contribution is 2.21. The second-order valence-corrected chi connectivity index (χ2v) is 4.72. The van der Waals surface area contributed by atoms with Gasteiger partial charge in [-0.25, -0.2) is 0 Å². The van der Waals surface area contributed by atoms with Crippen LogP contribution in [-0.2, 0) is 0 Å². The number of benzene rings is 1. The molecule has 0 radical (unpaired) electrons. The Bertz CT molecular complexity index is 625. The van der Waals surface area contributed by atoms with Gasteiger partial charge in [-0.2, -0.15) is 0 Å². The van der Waals surface area contributed by atoms with Crippen molar-refractivity contribution in [3.05, 3.63) is 48.7 Å². The number of azo groups is 1. The molecule has 0 bridgehead atoms. The van der Waals surface area contributed by atoms with Gasteiger partial charge in [0.1, 0.15) is 19.0 Å². The van der Waals surface area contributed by atoms with E-state index >= 15 is 0 Å². The third-order valence-corrected chi connectivity index (χ3v) is 3.22. The second kappa shape index (κ2) is 8.82. The zero-order valence-electron chi connectivity index (χ0n) is 13.0. The average molecular weight is 317 g/mol. The van der Waals surface area contributed by atoms with E-state index in [0.717, 1.165) is 5.69 Å². The van der Waals surface area contributed by atoms with Gasteiger partial charge >= 0.3 is 5.82 Å². The summed E-state index contributed by atoms with van der Waals surface area (Å²) in [6.45, 7) is 1.01. The van der Waals surface area contributed by atoms with E-state index in [1.165, 1.54) is 4.73 Å². The number of aromatic nitrogens is 1. The molecule has 0 spiro atoms. The molecule has 2 rings (SSSR count). The van der Waals surface area contributed by atoms with Crippen molar-refractivity contribution in [3.63, 3.8) is 0 Å². The Labute approximate surface area is 135 Å². The van der Waals surface area contributed by atoms with E-state index in [1.807, 2.05) is 41.3 Å². The fourth-order valence-electron chi connectivity index (χ4n) is 2.10. The highest BCUT2D eigenvalue weighted by Gasteiger charge is 2.09. The Morgan fingerprint density at radius 2 is 1.70 bits per heavy atom. The molecule has 0 atom stereocenters. The van der Waals surface area contributed by atoms with Crippen LogP contribution in [0, 0.1) is 0 Å². The molecule has 0 aliphatic rings. The number of hydrogen-bond donors (Lipinski definition) is 2. The minimum absolute atomic E-state index is 0.0342. The molecule has 1 aromatic carbocycles. The molecule has 23 heavy (non-hydrogen) atoms. The molecule has 0 aliphatic carbocycles. The number of anilines is 1. The smallest absolute Gasteiger partial charge is 0.388 e. The van der Waals surface area contributed by atoms with Gasteiger partial charge in [0.15, 0.2) is 0 Å². The van der Waals surface area contributed by atoms with Gasteiger partial charge in [-0.3, -0.25) is 0 Å². The summed E-state index contributed by atoms with van der Waals surface area (Å²) in [4.78, 5) is 7.05. The summed E-state index contributed by atoms with van der Waals surface area (Å²) in [5, 5.41) is 26.5. The monoisotopic (exact) mass is 317 g/mol. The van der Waals surface area contributed by atoms with E-state index < -0.39 is 0 Å². The van der Waals surface area contributed by atoms with Gasteiger partial charge in [0.25, 0.3) is 0 Å². The van der Waals surface area contributed by atoms with E-state index in [1.54, 1.807) is 19.4 Å². The summed E-state index contributed by atoms with van der Waals surface area (Å²) in [6.07, 6.45) is 1.75. The molecule has 1 aromatic heterocycles. The minimum Gasteiger partial charge on any atom is -0.395 e. The van der Waals surface area contributed by atoms with Crippen molar-refractivity contribution in [2.24, 2.45) is 10.2 Å². The van der Waals surface area contributed by atoms with Crippen molar-refractivity contribution in [3.8, 4) is 0 Å². The zero-order chi connectivity index (χ0) is 16.5. The molecule has 7 nitrogen and oxygen atoms in total.